The molecule has 8 heteroatoms. The molecule has 26 heavy (non-hydrogen) atoms. The second-order valence-corrected chi connectivity index (χ2v) is 5.96. The highest BCUT2D eigenvalue weighted by molar-refractivity contribution is 5.81. The van der Waals surface area contributed by atoms with Crippen LogP contribution < -0.4 is 0 Å². The van der Waals surface area contributed by atoms with E-state index < -0.39 is 17.8 Å². The lowest BCUT2D eigenvalue weighted by Gasteiger charge is -2.26. The quantitative estimate of drug-likeness (QED) is 0.294. The molecule has 0 aliphatic heterocycles. The second kappa shape index (κ2) is 20.1. The smallest absolute Gasteiger partial charge is 0.309 e. The summed E-state index contributed by atoms with van der Waals surface area (Å²) in [5.41, 5.74) is 0. The van der Waals surface area contributed by atoms with Gasteiger partial charge >= 0.3 is 11.9 Å². The van der Waals surface area contributed by atoms with E-state index in [-0.39, 0.29) is 32.4 Å². The summed E-state index contributed by atoms with van der Waals surface area (Å²) >= 11 is 0. The zero-order valence-corrected chi connectivity index (χ0v) is 15.8. The number of aliphatic carboxylic acids is 1. The normalized spacial score (nSPS) is 18.7. The zero-order valence-electron chi connectivity index (χ0n) is 15.8. The van der Waals surface area contributed by atoms with E-state index in [1.54, 1.807) is 0 Å². The van der Waals surface area contributed by atoms with Gasteiger partial charge in [0.05, 0.1) is 44.9 Å². The van der Waals surface area contributed by atoms with Gasteiger partial charge in [0.25, 0.3) is 0 Å². The summed E-state index contributed by atoms with van der Waals surface area (Å²) in [7, 11) is 0. The van der Waals surface area contributed by atoms with Crippen LogP contribution in [0.15, 0.2) is 0 Å². The van der Waals surface area contributed by atoms with Gasteiger partial charge in [0.15, 0.2) is 0 Å². The molecule has 0 bridgehead atoms. The third-order valence-electron chi connectivity index (χ3n) is 3.83. The number of hydrogen-bond acceptors (Lipinski definition) is 7. The molecule has 1 aliphatic carbocycles. The number of carboxylic acids is 1. The molecular formula is C18H36O8. The fourth-order valence-electron chi connectivity index (χ4n) is 2.52. The highest BCUT2D eigenvalue weighted by Gasteiger charge is 2.36. The Morgan fingerprint density at radius 3 is 1.77 bits per heavy atom. The van der Waals surface area contributed by atoms with Gasteiger partial charge in [-0.3, -0.25) is 9.59 Å². The molecular weight excluding hydrogens is 344 g/mol. The Bertz CT molecular complexity index is 327. The van der Waals surface area contributed by atoms with E-state index >= 15 is 0 Å². The minimum Gasteiger partial charge on any atom is -0.481 e. The maximum atomic E-state index is 11.9. The van der Waals surface area contributed by atoms with Crippen molar-refractivity contribution in [2.24, 2.45) is 11.8 Å². The molecule has 156 valence electrons. The van der Waals surface area contributed by atoms with Crippen LogP contribution >= 0.6 is 0 Å². The minimum atomic E-state index is -0.859. The van der Waals surface area contributed by atoms with Gasteiger partial charge in [0, 0.05) is 0 Å². The molecule has 0 radical (unpaired) electrons. The van der Waals surface area contributed by atoms with Crippen molar-refractivity contribution >= 4 is 11.9 Å². The predicted octanol–water partition coefficient (Wildman–Crippen LogP) is 0.943. The molecule has 0 aromatic carbocycles. The van der Waals surface area contributed by atoms with Crippen LogP contribution in [-0.4, -0.2) is 70.5 Å². The maximum Gasteiger partial charge on any atom is 0.309 e. The van der Waals surface area contributed by atoms with E-state index in [0.29, 0.717) is 19.4 Å². The molecule has 0 aromatic rings. The SMILES string of the molecule is CCCCCCOC(=O)C1CCCCC1C(=O)O.OCCO.OCCO. The summed E-state index contributed by atoms with van der Waals surface area (Å²) in [6.45, 7) is 2.06. The molecule has 0 heterocycles. The lowest BCUT2D eigenvalue weighted by atomic mass is 9.79. The fourth-order valence-corrected chi connectivity index (χ4v) is 2.52. The van der Waals surface area contributed by atoms with Crippen LogP contribution in [0.5, 0.6) is 0 Å². The Morgan fingerprint density at radius 1 is 0.846 bits per heavy atom. The lowest BCUT2D eigenvalue weighted by molar-refractivity contribution is -0.159. The van der Waals surface area contributed by atoms with Gasteiger partial charge in [-0.05, 0) is 19.3 Å². The Hall–Kier alpha value is -1.22. The van der Waals surface area contributed by atoms with Crippen LogP contribution in [0.3, 0.4) is 0 Å². The van der Waals surface area contributed by atoms with Crippen molar-refractivity contribution in [1.82, 2.24) is 0 Å². The van der Waals surface area contributed by atoms with Crippen LogP contribution in [0, 0.1) is 11.8 Å². The van der Waals surface area contributed by atoms with Gasteiger partial charge in [-0.25, -0.2) is 0 Å². The van der Waals surface area contributed by atoms with E-state index in [1.165, 1.54) is 0 Å². The summed E-state index contributed by atoms with van der Waals surface area (Å²) in [5.74, 6) is -2.13. The standard InChI is InChI=1S/C14H24O4.2C2H6O2/c1-2-3-4-7-10-18-14(17)12-9-6-5-8-11(12)13(15)16;2*3-1-2-4/h11-12H,2-10H2,1H3,(H,15,16);2*3-4H,1-2H2. The molecule has 0 amide bonds. The van der Waals surface area contributed by atoms with Crippen molar-refractivity contribution in [3.05, 3.63) is 0 Å². The van der Waals surface area contributed by atoms with E-state index in [2.05, 4.69) is 6.92 Å². The van der Waals surface area contributed by atoms with E-state index in [1.807, 2.05) is 0 Å². The van der Waals surface area contributed by atoms with Crippen molar-refractivity contribution < 1.29 is 39.9 Å². The summed E-state index contributed by atoms with van der Waals surface area (Å²) in [5, 5.41) is 39.6. The van der Waals surface area contributed by atoms with Gasteiger partial charge in [-0.1, -0.05) is 39.0 Å². The Kier molecular flexibility index (Phi) is 20.9. The van der Waals surface area contributed by atoms with Crippen LogP contribution in [0.25, 0.3) is 0 Å². The van der Waals surface area contributed by atoms with Crippen LogP contribution in [0.4, 0.5) is 0 Å². The number of aliphatic hydroxyl groups excluding tert-OH is 4. The molecule has 1 rings (SSSR count). The topological polar surface area (TPSA) is 145 Å². The molecule has 0 aromatic heterocycles. The fraction of sp³-hybridized carbons (Fsp3) is 0.889. The first-order valence-electron chi connectivity index (χ1n) is 9.32. The first kappa shape index (κ1) is 27.0. The average molecular weight is 380 g/mol. The molecule has 2 atom stereocenters. The van der Waals surface area contributed by atoms with Gasteiger partial charge < -0.3 is 30.3 Å². The van der Waals surface area contributed by atoms with Crippen molar-refractivity contribution in [2.75, 3.05) is 33.0 Å². The number of ether oxygens (including phenoxy) is 1. The third kappa shape index (κ3) is 15.1. The number of carbonyl (C=O) groups is 2. The lowest BCUT2D eigenvalue weighted by Crippen LogP contribution is -2.33. The van der Waals surface area contributed by atoms with E-state index in [0.717, 1.165) is 38.5 Å². The maximum absolute atomic E-state index is 11.9. The summed E-state index contributed by atoms with van der Waals surface area (Å²) in [4.78, 5) is 22.9. The number of rotatable bonds is 9. The number of hydrogen-bond donors (Lipinski definition) is 5. The van der Waals surface area contributed by atoms with Gasteiger partial charge in [-0.15, -0.1) is 0 Å². The number of carboxylic acid groups (broad SMARTS) is 1. The number of unbranched alkanes of at least 4 members (excludes halogenated alkanes) is 3. The first-order valence-corrected chi connectivity index (χ1v) is 9.32. The molecule has 5 N–H and O–H groups in total. The van der Waals surface area contributed by atoms with Crippen molar-refractivity contribution in [3.63, 3.8) is 0 Å². The van der Waals surface area contributed by atoms with Gasteiger partial charge in [-0.2, -0.15) is 0 Å². The summed E-state index contributed by atoms with van der Waals surface area (Å²) < 4.78 is 5.21. The van der Waals surface area contributed by atoms with Crippen LogP contribution in [0.1, 0.15) is 58.3 Å². The first-order chi connectivity index (χ1) is 12.5. The molecule has 8 nitrogen and oxygen atoms in total. The van der Waals surface area contributed by atoms with Crippen LogP contribution in [-0.2, 0) is 14.3 Å². The monoisotopic (exact) mass is 380 g/mol. The van der Waals surface area contributed by atoms with E-state index in [9.17, 15) is 9.59 Å². The molecule has 0 saturated heterocycles. The zero-order chi connectivity index (χ0) is 20.2. The number of carbonyl (C=O) groups excluding carboxylic acids is 1. The van der Waals surface area contributed by atoms with Crippen molar-refractivity contribution in [3.8, 4) is 0 Å². The summed E-state index contributed by atoms with van der Waals surface area (Å²) in [6.07, 6.45) is 7.34. The highest BCUT2D eigenvalue weighted by Crippen LogP contribution is 2.31. The van der Waals surface area contributed by atoms with Crippen molar-refractivity contribution in [2.45, 2.75) is 58.3 Å². The van der Waals surface area contributed by atoms with Gasteiger partial charge in [0.1, 0.15) is 0 Å². The predicted molar refractivity (Wildman–Crippen MR) is 96.5 cm³/mol. The molecule has 2 unspecified atom stereocenters. The second-order valence-electron chi connectivity index (χ2n) is 5.96. The Balaban J connectivity index is 0. The number of esters is 1. The van der Waals surface area contributed by atoms with E-state index in [4.69, 9.17) is 30.3 Å². The largest absolute Gasteiger partial charge is 0.481 e. The van der Waals surface area contributed by atoms with Gasteiger partial charge in [0.2, 0.25) is 0 Å². The highest BCUT2D eigenvalue weighted by atomic mass is 16.5. The number of aliphatic hydroxyl groups is 4. The molecule has 0 spiro atoms. The average Bonchev–Trinajstić information content (AvgIpc) is 2.68. The van der Waals surface area contributed by atoms with Crippen molar-refractivity contribution in [1.29, 1.82) is 0 Å². The molecule has 1 aliphatic rings. The Labute approximate surface area is 155 Å². The Morgan fingerprint density at radius 2 is 1.35 bits per heavy atom. The molecule has 1 saturated carbocycles. The van der Waals surface area contributed by atoms with Crippen LogP contribution in [0.2, 0.25) is 0 Å². The summed E-state index contributed by atoms with van der Waals surface area (Å²) in [6, 6.07) is 0. The third-order valence-corrected chi connectivity index (χ3v) is 3.83. The minimum absolute atomic E-state index is 0.125. The molecule has 1 fully saturated rings.